The lowest BCUT2D eigenvalue weighted by atomic mass is 9.49. The number of carbonyl (C=O) groups is 1. The van der Waals surface area contributed by atoms with Crippen molar-refractivity contribution in [1.29, 1.82) is 0 Å². The molecule has 4 aliphatic rings. The van der Waals surface area contributed by atoms with Crippen LogP contribution in [0.3, 0.4) is 0 Å². The summed E-state index contributed by atoms with van der Waals surface area (Å²) in [5, 5.41) is 10.7. The first-order valence-electron chi connectivity index (χ1n) is 9.92. The van der Waals surface area contributed by atoms with Gasteiger partial charge in [0, 0.05) is 29.7 Å². The maximum atomic E-state index is 12.5. The molecule has 0 unspecified atom stereocenters. The summed E-state index contributed by atoms with van der Waals surface area (Å²) in [4.78, 5) is 12.5. The van der Waals surface area contributed by atoms with Gasteiger partial charge in [0.05, 0.1) is 11.7 Å². The predicted molar refractivity (Wildman–Crippen MR) is 103 cm³/mol. The Morgan fingerprint density at radius 2 is 1.96 bits per heavy atom. The van der Waals surface area contributed by atoms with Crippen LogP contribution in [0.25, 0.3) is 0 Å². The van der Waals surface area contributed by atoms with Crippen LogP contribution in [0.1, 0.15) is 68.4 Å². The number of urea groups is 1. The SMILES string of the molecule is Cc1nn(C)c(C)c1[C@H](C)NC(=O)NCC12C[C@H]3C[C@@H](CC(Cl)(C3)C1)C2. The van der Waals surface area contributed by atoms with Crippen LogP contribution >= 0.6 is 11.6 Å². The summed E-state index contributed by atoms with van der Waals surface area (Å²) in [7, 11) is 1.94. The molecule has 0 spiro atoms. The highest BCUT2D eigenvalue weighted by Crippen LogP contribution is 2.63. The van der Waals surface area contributed by atoms with Gasteiger partial charge in [-0.1, -0.05) is 0 Å². The van der Waals surface area contributed by atoms with Crippen molar-refractivity contribution in [1.82, 2.24) is 20.4 Å². The molecule has 4 saturated carbocycles. The molecule has 1 heterocycles. The highest BCUT2D eigenvalue weighted by molar-refractivity contribution is 6.24. The first-order chi connectivity index (χ1) is 12.2. The topological polar surface area (TPSA) is 59.0 Å². The van der Waals surface area contributed by atoms with Crippen molar-refractivity contribution in [2.45, 2.75) is 70.2 Å². The van der Waals surface area contributed by atoms with E-state index < -0.39 is 0 Å². The fourth-order valence-electron chi connectivity index (χ4n) is 6.55. The lowest BCUT2D eigenvalue weighted by Crippen LogP contribution is -2.57. The number of nitrogens with one attached hydrogen (secondary N) is 2. The smallest absolute Gasteiger partial charge is 0.315 e. The van der Waals surface area contributed by atoms with Crippen LogP contribution in [0.15, 0.2) is 0 Å². The van der Waals surface area contributed by atoms with Gasteiger partial charge in [0.15, 0.2) is 0 Å². The van der Waals surface area contributed by atoms with Crippen molar-refractivity contribution in [3.63, 3.8) is 0 Å². The van der Waals surface area contributed by atoms with Crippen LogP contribution in [-0.2, 0) is 7.05 Å². The van der Waals surface area contributed by atoms with Gasteiger partial charge in [-0.05, 0) is 76.5 Å². The minimum Gasteiger partial charge on any atom is -0.338 e. The second-order valence-electron chi connectivity index (χ2n) is 9.37. The van der Waals surface area contributed by atoms with Gasteiger partial charge < -0.3 is 10.6 Å². The third-order valence-electron chi connectivity index (χ3n) is 7.08. The minimum atomic E-state index is -0.0838. The molecular weight excluding hydrogens is 348 g/mol. The van der Waals surface area contributed by atoms with E-state index >= 15 is 0 Å². The molecule has 0 aliphatic heterocycles. The summed E-state index contributed by atoms with van der Waals surface area (Å²) in [6.45, 7) is 6.81. The molecule has 0 radical (unpaired) electrons. The highest BCUT2D eigenvalue weighted by Gasteiger charge is 2.56. The van der Waals surface area contributed by atoms with Crippen LogP contribution in [0.4, 0.5) is 4.79 Å². The van der Waals surface area contributed by atoms with E-state index in [1.807, 2.05) is 32.5 Å². The molecule has 26 heavy (non-hydrogen) atoms. The Balaban J connectivity index is 1.37. The third kappa shape index (κ3) is 3.12. The monoisotopic (exact) mass is 378 g/mol. The second-order valence-corrected chi connectivity index (χ2v) is 10.2. The summed E-state index contributed by atoms with van der Waals surface area (Å²) in [5.41, 5.74) is 3.40. The van der Waals surface area contributed by atoms with Gasteiger partial charge in [0.2, 0.25) is 0 Å². The molecule has 2 N–H and O–H groups in total. The molecule has 3 atom stereocenters. The van der Waals surface area contributed by atoms with Crippen molar-refractivity contribution in [2.75, 3.05) is 6.54 Å². The summed E-state index contributed by atoms with van der Waals surface area (Å²) in [5.74, 6) is 1.52. The summed E-state index contributed by atoms with van der Waals surface area (Å²) in [6, 6.07) is -0.140. The lowest BCUT2D eigenvalue weighted by molar-refractivity contribution is -0.0373. The van der Waals surface area contributed by atoms with Crippen molar-refractivity contribution in [2.24, 2.45) is 24.3 Å². The fraction of sp³-hybridized carbons (Fsp3) is 0.800. The van der Waals surface area contributed by atoms with Gasteiger partial charge in [0.1, 0.15) is 0 Å². The van der Waals surface area contributed by atoms with Gasteiger partial charge in [-0.3, -0.25) is 4.68 Å². The van der Waals surface area contributed by atoms with E-state index in [2.05, 4.69) is 15.7 Å². The summed E-state index contributed by atoms with van der Waals surface area (Å²) >= 11 is 6.90. The molecule has 6 heteroatoms. The zero-order valence-electron chi connectivity index (χ0n) is 16.4. The Morgan fingerprint density at radius 3 is 2.50 bits per heavy atom. The normalized spacial score (nSPS) is 36.2. The molecule has 2 amide bonds. The summed E-state index contributed by atoms with van der Waals surface area (Å²) < 4.78 is 1.87. The van der Waals surface area contributed by atoms with Crippen molar-refractivity contribution in [3.8, 4) is 0 Å². The Kier molecular flexibility index (Phi) is 4.29. The van der Waals surface area contributed by atoms with Crippen LogP contribution < -0.4 is 10.6 Å². The van der Waals surface area contributed by atoms with E-state index in [1.54, 1.807) is 0 Å². The highest BCUT2D eigenvalue weighted by atomic mass is 35.5. The van der Waals surface area contributed by atoms with E-state index in [1.165, 1.54) is 32.1 Å². The lowest BCUT2D eigenvalue weighted by Gasteiger charge is -2.60. The van der Waals surface area contributed by atoms with Crippen molar-refractivity contribution >= 4 is 17.6 Å². The molecule has 1 aromatic heterocycles. The molecule has 5 rings (SSSR count). The molecule has 5 nitrogen and oxygen atoms in total. The molecule has 0 saturated heterocycles. The predicted octanol–water partition coefficient (Wildman–Crippen LogP) is 3.97. The van der Waals surface area contributed by atoms with Crippen LogP contribution in [-0.4, -0.2) is 27.2 Å². The van der Waals surface area contributed by atoms with E-state index in [0.29, 0.717) is 0 Å². The van der Waals surface area contributed by atoms with Crippen molar-refractivity contribution in [3.05, 3.63) is 17.0 Å². The Bertz CT molecular complexity index is 714. The minimum absolute atomic E-state index is 0.000532. The average Bonchev–Trinajstić information content (AvgIpc) is 2.75. The largest absolute Gasteiger partial charge is 0.338 e. The number of alkyl halides is 1. The van der Waals surface area contributed by atoms with Crippen LogP contribution in [0, 0.1) is 31.1 Å². The first kappa shape index (κ1) is 18.1. The van der Waals surface area contributed by atoms with E-state index in [-0.39, 0.29) is 22.4 Å². The number of rotatable bonds is 4. The fourth-order valence-corrected chi connectivity index (χ4v) is 7.27. The van der Waals surface area contributed by atoms with Gasteiger partial charge in [0.25, 0.3) is 0 Å². The first-order valence-corrected chi connectivity index (χ1v) is 10.3. The maximum Gasteiger partial charge on any atom is 0.315 e. The molecule has 4 aliphatic carbocycles. The molecule has 1 aromatic rings. The average molecular weight is 379 g/mol. The molecule has 4 fully saturated rings. The number of carbonyl (C=O) groups excluding carboxylic acids is 1. The van der Waals surface area contributed by atoms with Gasteiger partial charge >= 0.3 is 6.03 Å². The number of hydrogen-bond donors (Lipinski definition) is 2. The second kappa shape index (κ2) is 6.15. The van der Waals surface area contributed by atoms with Crippen molar-refractivity contribution < 1.29 is 4.79 Å². The number of aryl methyl sites for hydroxylation is 2. The van der Waals surface area contributed by atoms with Gasteiger partial charge in [-0.25, -0.2) is 4.79 Å². The molecule has 144 valence electrons. The number of nitrogens with zero attached hydrogens (tertiary/aromatic N) is 2. The standard InChI is InChI=1S/C20H31ClN4O/c1-12(17-13(2)24-25(4)14(17)3)23-18(26)22-11-19-6-15-5-16(7-19)9-20(21,8-15)10-19/h12,15-16H,5-11H2,1-4H3,(H2,22,23,26)/t12-,15+,16+,19?,20?/m0/s1. The Hall–Kier alpha value is -1.23. The number of aromatic nitrogens is 2. The maximum absolute atomic E-state index is 12.5. The van der Waals surface area contributed by atoms with E-state index in [0.717, 1.165) is 41.8 Å². The Labute approximate surface area is 161 Å². The van der Waals surface area contributed by atoms with Gasteiger partial charge in [-0.15, -0.1) is 11.6 Å². The number of halogens is 1. The number of hydrogen-bond acceptors (Lipinski definition) is 2. The zero-order valence-corrected chi connectivity index (χ0v) is 17.1. The Morgan fingerprint density at radius 1 is 1.31 bits per heavy atom. The van der Waals surface area contributed by atoms with Crippen LogP contribution in [0.2, 0.25) is 0 Å². The van der Waals surface area contributed by atoms with E-state index in [4.69, 9.17) is 11.6 Å². The zero-order chi connectivity index (χ0) is 18.7. The van der Waals surface area contributed by atoms with E-state index in [9.17, 15) is 4.79 Å². The molecule has 4 bridgehead atoms. The number of amides is 2. The molecule has 0 aromatic carbocycles. The third-order valence-corrected chi connectivity index (χ3v) is 7.52. The summed E-state index contributed by atoms with van der Waals surface area (Å²) in [6.07, 6.45) is 7.22. The quantitative estimate of drug-likeness (QED) is 0.778. The van der Waals surface area contributed by atoms with Gasteiger partial charge in [-0.2, -0.15) is 5.10 Å². The molecular formula is C20H31ClN4O. The van der Waals surface area contributed by atoms with Crippen LogP contribution in [0.5, 0.6) is 0 Å².